The van der Waals surface area contributed by atoms with E-state index in [0.717, 1.165) is 26.7 Å². The van der Waals surface area contributed by atoms with Crippen LogP contribution in [0.25, 0.3) is 11.1 Å². The zero-order chi connectivity index (χ0) is 15.9. The van der Waals surface area contributed by atoms with E-state index < -0.39 is 5.91 Å². The van der Waals surface area contributed by atoms with Crippen LogP contribution in [0.3, 0.4) is 0 Å². The van der Waals surface area contributed by atoms with Crippen molar-refractivity contribution >= 4 is 27.8 Å². The summed E-state index contributed by atoms with van der Waals surface area (Å²) in [7, 11) is 0. The van der Waals surface area contributed by atoms with Crippen molar-refractivity contribution in [1.82, 2.24) is 0 Å². The van der Waals surface area contributed by atoms with Gasteiger partial charge in [-0.1, -0.05) is 22.0 Å². The van der Waals surface area contributed by atoms with Crippen molar-refractivity contribution in [1.29, 1.82) is 0 Å². The molecule has 0 unspecified atom stereocenters. The number of primary amides is 1. The van der Waals surface area contributed by atoms with Crippen LogP contribution in [0.2, 0.25) is 0 Å². The smallest absolute Gasteiger partial charge is 0.338 e. The molecule has 2 aromatic rings. The summed E-state index contributed by atoms with van der Waals surface area (Å²) in [6.07, 6.45) is 0.638. The van der Waals surface area contributed by atoms with Crippen molar-refractivity contribution in [3.05, 3.63) is 57.1 Å². The Bertz CT molecular complexity index is 799. The van der Waals surface area contributed by atoms with Crippen LogP contribution in [0, 0.1) is 0 Å². The summed E-state index contributed by atoms with van der Waals surface area (Å²) in [6, 6.07) is 9.15. The van der Waals surface area contributed by atoms with Crippen LogP contribution in [0.15, 0.2) is 34.8 Å². The Hall–Kier alpha value is -2.14. The molecule has 0 saturated heterocycles. The van der Waals surface area contributed by atoms with Gasteiger partial charge >= 0.3 is 5.97 Å². The van der Waals surface area contributed by atoms with Gasteiger partial charge < -0.3 is 10.5 Å². The average molecular weight is 360 g/mol. The van der Waals surface area contributed by atoms with Gasteiger partial charge in [-0.3, -0.25) is 4.79 Å². The van der Waals surface area contributed by atoms with Gasteiger partial charge in [-0.15, -0.1) is 0 Å². The number of nitrogens with two attached hydrogens (primary N) is 1. The number of amides is 1. The van der Waals surface area contributed by atoms with Crippen LogP contribution in [0.4, 0.5) is 0 Å². The molecule has 0 spiro atoms. The lowest BCUT2D eigenvalue weighted by Crippen LogP contribution is -2.13. The molecule has 0 bridgehead atoms. The number of benzene rings is 2. The molecule has 0 saturated carbocycles. The summed E-state index contributed by atoms with van der Waals surface area (Å²) in [5, 5.41) is 0. The first-order valence-electron chi connectivity index (χ1n) is 6.94. The van der Waals surface area contributed by atoms with Gasteiger partial charge in [-0.2, -0.15) is 0 Å². The van der Waals surface area contributed by atoms with E-state index >= 15 is 0 Å². The van der Waals surface area contributed by atoms with E-state index in [2.05, 4.69) is 15.9 Å². The molecule has 0 aliphatic heterocycles. The highest BCUT2D eigenvalue weighted by atomic mass is 79.9. The molecule has 112 valence electrons. The molecule has 0 radical (unpaired) electrons. The summed E-state index contributed by atoms with van der Waals surface area (Å²) in [5.74, 6) is -0.792. The Kier molecular flexibility index (Phi) is 3.74. The number of hydrogen-bond donors (Lipinski definition) is 1. The van der Waals surface area contributed by atoms with Crippen molar-refractivity contribution < 1.29 is 14.3 Å². The molecule has 0 fully saturated rings. The van der Waals surface area contributed by atoms with Gasteiger partial charge in [0.15, 0.2) is 0 Å². The summed E-state index contributed by atoms with van der Waals surface area (Å²) < 4.78 is 5.83. The Morgan fingerprint density at radius 1 is 1.23 bits per heavy atom. The topological polar surface area (TPSA) is 69.4 Å². The summed E-state index contributed by atoms with van der Waals surface area (Å²) in [4.78, 5) is 23.5. The Balaban J connectivity index is 2.14. The number of halogens is 1. The number of ether oxygens (including phenoxy) is 1. The molecular formula is C17H14BrNO3. The number of carbonyl (C=O) groups excluding carboxylic acids is 2. The minimum atomic E-state index is -0.448. The first-order valence-corrected chi connectivity index (χ1v) is 7.73. The second kappa shape index (κ2) is 5.57. The first-order chi connectivity index (χ1) is 10.5. The number of fused-ring (bicyclic) bond motifs is 3. The minimum absolute atomic E-state index is 0.337. The molecule has 0 atom stereocenters. The molecule has 1 aliphatic rings. The zero-order valence-electron chi connectivity index (χ0n) is 12.0. The number of rotatable bonds is 3. The second-order valence-electron chi connectivity index (χ2n) is 5.11. The fourth-order valence-corrected chi connectivity index (χ4v) is 3.26. The van der Waals surface area contributed by atoms with Crippen LogP contribution in [0.1, 0.15) is 38.8 Å². The highest BCUT2D eigenvalue weighted by Crippen LogP contribution is 2.40. The Morgan fingerprint density at radius 2 is 2.00 bits per heavy atom. The van der Waals surface area contributed by atoms with E-state index in [4.69, 9.17) is 10.5 Å². The van der Waals surface area contributed by atoms with Crippen LogP contribution in [-0.4, -0.2) is 18.5 Å². The molecule has 0 aromatic heterocycles. The standard InChI is InChI=1S/C17H14BrNO3/c1-2-22-17(21)10-4-3-9-5-13-14(12(9)6-10)7-11(18)8-15(13)16(19)20/h3-4,6-8H,2,5H2,1H3,(H2,19,20). The lowest BCUT2D eigenvalue weighted by molar-refractivity contribution is 0.0526. The lowest BCUT2D eigenvalue weighted by Gasteiger charge is -2.07. The predicted octanol–water partition coefficient (Wildman–Crippen LogP) is 3.30. The third kappa shape index (κ3) is 2.41. The average Bonchev–Trinajstić information content (AvgIpc) is 2.84. The van der Waals surface area contributed by atoms with Crippen molar-refractivity contribution in [2.75, 3.05) is 6.61 Å². The maximum atomic E-state index is 11.9. The van der Waals surface area contributed by atoms with E-state index in [1.807, 2.05) is 18.2 Å². The molecule has 1 aliphatic carbocycles. The quantitative estimate of drug-likeness (QED) is 0.729. The minimum Gasteiger partial charge on any atom is -0.462 e. The van der Waals surface area contributed by atoms with E-state index in [1.54, 1.807) is 19.1 Å². The van der Waals surface area contributed by atoms with Crippen LogP contribution in [-0.2, 0) is 11.2 Å². The summed E-state index contributed by atoms with van der Waals surface area (Å²) in [6.45, 7) is 2.11. The van der Waals surface area contributed by atoms with Crippen LogP contribution < -0.4 is 5.73 Å². The van der Waals surface area contributed by atoms with Crippen molar-refractivity contribution in [2.24, 2.45) is 5.73 Å². The van der Waals surface area contributed by atoms with Gasteiger partial charge in [0.2, 0.25) is 5.91 Å². The van der Waals surface area contributed by atoms with Gasteiger partial charge in [0.1, 0.15) is 0 Å². The molecule has 2 N–H and O–H groups in total. The van der Waals surface area contributed by atoms with Gasteiger partial charge in [-0.05, 0) is 59.9 Å². The fourth-order valence-electron chi connectivity index (χ4n) is 2.80. The molecule has 1 amide bonds. The Morgan fingerprint density at radius 3 is 2.68 bits per heavy atom. The molecular weight excluding hydrogens is 346 g/mol. The van der Waals surface area contributed by atoms with Crippen LogP contribution in [0.5, 0.6) is 0 Å². The highest BCUT2D eigenvalue weighted by Gasteiger charge is 2.25. The van der Waals surface area contributed by atoms with Gasteiger partial charge in [0, 0.05) is 10.0 Å². The zero-order valence-corrected chi connectivity index (χ0v) is 13.6. The fraction of sp³-hybridized carbons (Fsp3) is 0.176. The van der Waals surface area contributed by atoms with Crippen molar-refractivity contribution in [2.45, 2.75) is 13.3 Å². The second-order valence-corrected chi connectivity index (χ2v) is 6.03. The van der Waals surface area contributed by atoms with Crippen molar-refractivity contribution in [3.63, 3.8) is 0 Å². The maximum Gasteiger partial charge on any atom is 0.338 e. The monoisotopic (exact) mass is 359 g/mol. The van der Waals surface area contributed by atoms with Gasteiger partial charge in [0.25, 0.3) is 0 Å². The molecule has 5 heteroatoms. The SMILES string of the molecule is CCOC(=O)c1ccc2c(c1)-c1cc(Br)cc(C(N)=O)c1C2. The highest BCUT2D eigenvalue weighted by molar-refractivity contribution is 9.10. The van der Waals surface area contributed by atoms with E-state index in [-0.39, 0.29) is 5.97 Å². The van der Waals surface area contributed by atoms with Gasteiger partial charge in [0.05, 0.1) is 12.2 Å². The summed E-state index contributed by atoms with van der Waals surface area (Å²) >= 11 is 3.41. The third-order valence-corrected chi connectivity index (χ3v) is 4.22. The van der Waals surface area contributed by atoms with E-state index in [9.17, 15) is 9.59 Å². The number of hydrogen-bond acceptors (Lipinski definition) is 3. The van der Waals surface area contributed by atoms with E-state index in [1.165, 1.54) is 0 Å². The lowest BCUT2D eigenvalue weighted by atomic mass is 10.0. The molecule has 2 aromatic carbocycles. The molecule has 0 heterocycles. The number of carbonyl (C=O) groups is 2. The largest absolute Gasteiger partial charge is 0.462 e. The molecule has 3 rings (SSSR count). The van der Waals surface area contributed by atoms with Crippen molar-refractivity contribution in [3.8, 4) is 11.1 Å². The summed E-state index contributed by atoms with van der Waals surface area (Å²) in [5.41, 5.74) is 10.4. The van der Waals surface area contributed by atoms with Crippen LogP contribution >= 0.6 is 15.9 Å². The third-order valence-electron chi connectivity index (χ3n) is 3.76. The maximum absolute atomic E-state index is 11.9. The predicted molar refractivity (Wildman–Crippen MR) is 86.9 cm³/mol. The van der Waals surface area contributed by atoms with E-state index in [0.29, 0.717) is 24.2 Å². The number of esters is 1. The molecule has 22 heavy (non-hydrogen) atoms. The molecule has 4 nitrogen and oxygen atoms in total. The first kappa shape index (κ1) is 14.8. The Labute approximate surface area is 136 Å². The normalized spacial score (nSPS) is 11.7. The van der Waals surface area contributed by atoms with Gasteiger partial charge in [-0.25, -0.2) is 4.79 Å².